The molecule has 2 aliphatic carbocycles. The maximum Gasteiger partial charge on any atom is 0.236 e. The van der Waals surface area contributed by atoms with Crippen LogP contribution in [0.25, 0.3) is 0 Å². The van der Waals surface area contributed by atoms with Crippen molar-refractivity contribution in [3.05, 3.63) is 0 Å². The average Bonchev–Trinajstić information content (AvgIpc) is 3.59. The van der Waals surface area contributed by atoms with Gasteiger partial charge >= 0.3 is 0 Å². The van der Waals surface area contributed by atoms with Gasteiger partial charge in [-0.2, -0.15) is 0 Å². The van der Waals surface area contributed by atoms with Crippen LogP contribution in [0.5, 0.6) is 0 Å². The van der Waals surface area contributed by atoms with Crippen molar-refractivity contribution in [2.24, 2.45) is 16.3 Å². The first-order chi connectivity index (χ1) is 13.7. The number of piperazine rings is 1. The molecule has 0 aromatic heterocycles. The number of nitrogens with zero attached hydrogens (tertiary/aromatic N) is 4. The zero-order chi connectivity index (χ0) is 19.4. The molecule has 0 unspecified atom stereocenters. The number of guanidine groups is 1. The van der Waals surface area contributed by atoms with Gasteiger partial charge in [0.15, 0.2) is 5.96 Å². The molecule has 2 aliphatic heterocycles. The highest BCUT2D eigenvalue weighted by Gasteiger charge is 2.53. The fourth-order valence-electron chi connectivity index (χ4n) is 4.94. The number of aliphatic imine (C=N–C) groups is 1. The summed E-state index contributed by atoms with van der Waals surface area (Å²) in [5.74, 6) is 2.38. The van der Waals surface area contributed by atoms with Crippen molar-refractivity contribution < 1.29 is 4.79 Å². The van der Waals surface area contributed by atoms with Crippen molar-refractivity contribution in [3.8, 4) is 0 Å². The van der Waals surface area contributed by atoms with Gasteiger partial charge < -0.3 is 15.1 Å². The van der Waals surface area contributed by atoms with Crippen LogP contribution < -0.4 is 5.32 Å². The lowest BCUT2D eigenvalue weighted by Crippen LogP contribution is -2.54. The molecule has 0 spiro atoms. The van der Waals surface area contributed by atoms with Crippen molar-refractivity contribution >= 4 is 11.9 Å². The number of carbonyl (C=O) groups is 1. The maximum atomic E-state index is 12.7. The van der Waals surface area contributed by atoms with Crippen LogP contribution in [0.2, 0.25) is 0 Å². The number of carbonyl (C=O) groups excluding carboxylic acids is 1. The molecule has 2 heterocycles. The standard InChI is InChI=1S/C22H39N5O/c1-2-23-21(24-18-22(9-10-22)19-7-8-19)27-15-13-25(14-16-27)17-20(28)26-11-5-3-4-6-12-26/h19H,2-18H2,1H3,(H,23,24). The van der Waals surface area contributed by atoms with Crippen LogP contribution >= 0.6 is 0 Å². The third-order valence-electron chi connectivity index (χ3n) is 7.20. The molecular formula is C22H39N5O. The Labute approximate surface area is 170 Å². The summed E-state index contributed by atoms with van der Waals surface area (Å²) in [4.78, 5) is 24.5. The van der Waals surface area contributed by atoms with E-state index in [1.165, 1.54) is 51.4 Å². The number of hydrogen-bond donors (Lipinski definition) is 1. The summed E-state index contributed by atoms with van der Waals surface area (Å²) in [5.41, 5.74) is 0.558. The molecule has 4 fully saturated rings. The minimum absolute atomic E-state index is 0.330. The molecule has 28 heavy (non-hydrogen) atoms. The molecular weight excluding hydrogens is 350 g/mol. The first-order valence-electron chi connectivity index (χ1n) is 11.7. The summed E-state index contributed by atoms with van der Waals surface area (Å²) in [7, 11) is 0. The normalized spacial score (nSPS) is 26.1. The van der Waals surface area contributed by atoms with E-state index in [0.29, 0.717) is 17.9 Å². The van der Waals surface area contributed by atoms with Crippen LogP contribution in [0.15, 0.2) is 4.99 Å². The fraction of sp³-hybridized carbons (Fsp3) is 0.909. The number of amides is 1. The van der Waals surface area contributed by atoms with Crippen molar-refractivity contribution in [1.82, 2.24) is 20.0 Å². The molecule has 4 rings (SSSR count). The van der Waals surface area contributed by atoms with E-state index in [-0.39, 0.29) is 0 Å². The Bertz CT molecular complexity index is 553. The van der Waals surface area contributed by atoms with Crippen LogP contribution in [-0.2, 0) is 4.79 Å². The minimum atomic E-state index is 0.330. The zero-order valence-electron chi connectivity index (χ0n) is 17.8. The minimum Gasteiger partial charge on any atom is -0.357 e. The van der Waals surface area contributed by atoms with Gasteiger partial charge in [-0.3, -0.25) is 14.7 Å². The second-order valence-corrected chi connectivity index (χ2v) is 9.37. The van der Waals surface area contributed by atoms with Crippen molar-refractivity contribution in [2.75, 3.05) is 58.9 Å². The van der Waals surface area contributed by atoms with Crippen LogP contribution in [0.1, 0.15) is 58.3 Å². The molecule has 1 amide bonds. The number of hydrogen-bond acceptors (Lipinski definition) is 3. The molecule has 2 saturated heterocycles. The van der Waals surface area contributed by atoms with Gasteiger partial charge in [-0.25, -0.2) is 0 Å². The smallest absolute Gasteiger partial charge is 0.236 e. The monoisotopic (exact) mass is 389 g/mol. The molecule has 4 aliphatic rings. The molecule has 2 saturated carbocycles. The maximum absolute atomic E-state index is 12.7. The lowest BCUT2D eigenvalue weighted by atomic mass is 10.0. The topological polar surface area (TPSA) is 51.2 Å². The third-order valence-corrected chi connectivity index (χ3v) is 7.20. The lowest BCUT2D eigenvalue weighted by Gasteiger charge is -2.37. The van der Waals surface area contributed by atoms with Gasteiger partial charge in [0.05, 0.1) is 6.54 Å². The summed E-state index contributed by atoms with van der Waals surface area (Å²) in [6, 6.07) is 0. The van der Waals surface area contributed by atoms with Gasteiger partial charge in [0, 0.05) is 52.4 Å². The predicted molar refractivity (Wildman–Crippen MR) is 113 cm³/mol. The number of nitrogens with one attached hydrogen (secondary N) is 1. The third kappa shape index (κ3) is 5.00. The second kappa shape index (κ2) is 9.02. The van der Waals surface area contributed by atoms with E-state index < -0.39 is 0 Å². The first kappa shape index (κ1) is 20.0. The summed E-state index contributed by atoms with van der Waals surface area (Å²) < 4.78 is 0. The predicted octanol–water partition coefficient (Wildman–Crippen LogP) is 2.16. The van der Waals surface area contributed by atoms with E-state index in [0.717, 1.165) is 64.2 Å². The van der Waals surface area contributed by atoms with Gasteiger partial charge in [-0.15, -0.1) is 0 Å². The van der Waals surface area contributed by atoms with Gasteiger partial charge in [-0.1, -0.05) is 12.8 Å². The van der Waals surface area contributed by atoms with Crippen molar-refractivity contribution in [1.29, 1.82) is 0 Å². The second-order valence-electron chi connectivity index (χ2n) is 9.37. The lowest BCUT2D eigenvalue weighted by molar-refractivity contribution is -0.132. The zero-order valence-corrected chi connectivity index (χ0v) is 17.8. The van der Waals surface area contributed by atoms with Crippen LogP contribution in [0, 0.1) is 11.3 Å². The van der Waals surface area contributed by atoms with Crippen LogP contribution in [0.3, 0.4) is 0 Å². The van der Waals surface area contributed by atoms with E-state index in [4.69, 9.17) is 4.99 Å². The Hall–Kier alpha value is -1.30. The van der Waals surface area contributed by atoms with Crippen molar-refractivity contribution in [3.63, 3.8) is 0 Å². The highest BCUT2D eigenvalue weighted by molar-refractivity contribution is 5.80. The Kier molecular flexibility index (Phi) is 6.44. The SMILES string of the molecule is CCNC(=NCC1(C2CC2)CC1)N1CCN(CC(=O)N2CCCCCC2)CC1. The Morgan fingerprint density at radius 3 is 2.21 bits per heavy atom. The first-order valence-corrected chi connectivity index (χ1v) is 11.7. The molecule has 0 aromatic rings. The van der Waals surface area contributed by atoms with E-state index in [1.807, 2.05) is 0 Å². The average molecular weight is 390 g/mol. The number of likely N-dealkylation sites (tertiary alicyclic amines) is 1. The number of rotatable bonds is 6. The molecule has 6 heteroatoms. The Morgan fingerprint density at radius 2 is 1.64 bits per heavy atom. The van der Waals surface area contributed by atoms with Crippen molar-refractivity contribution in [2.45, 2.75) is 58.3 Å². The van der Waals surface area contributed by atoms with Crippen LogP contribution in [-0.4, -0.2) is 85.5 Å². The molecule has 6 nitrogen and oxygen atoms in total. The molecule has 1 N–H and O–H groups in total. The largest absolute Gasteiger partial charge is 0.357 e. The molecule has 0 bridgehead atoms. The Balaban J connectivity index is 1.25. The molecule has 0 atom stereocenters. The van der Waals surface area contributed by atoms with Gasteiger partial charge in [-0.05, 0) is 56.8 Å². The molecule has 158 valence electrons. The summed E-state index contributed by atoms with van der Waals surface area (Å²) in [6.45, 7) is 10.4. The van der Waals surface area contributed by atoms with Crippen LogP contribution in [0.4, 0.5) is 0 Å². The van der Waals surface area contributed by atoms with E-state index in [1.54, 1.807) is 0 Å². The van der Waals surface area contributed by atoms with Gasteiger partial charge in [0.25, 0.3) is 0 Å². The van der Waals surface area contributed by atoms with Gasteiger partial charge in [0.1, 0.15) is 0 Å². The quantitative estimate of drug-likeness (QED) is 0.559. The summed E-state index contributed by atoms with van der Waals surface area (Å²) in [6.07, 6.45) is 10.5. The molecule has 0 aromatic carbocycles. The van der Waals surface area contributed by atoms with Gasteiger partial charge in [0.2, 0.25) is 5.91 Å². The summed E-state index contributed by atoms with van der Waals surface area (Å²) >= 11 is 0. The summed E-state index contributed by atoms with van der Waals surface area (Å²) in [5, 5.41) is 3.51. The highest BCUT2D eigenvalue weighted by Crippen LogP contribution is 2.61. The molecule has 0 radical (unpaired) electrons. The van der Waals surface area contributed by atoms with E-state index >= 15 is 0 Å². The Morgan fingerprint density at radius 1 is 0.964 bits per heavy atom. The van der Waals surface area contributed by atoms with E-state index in [2.05, 4.69) is 26.9 Å². The van der Waals surface area contributed by atoms with E-state index in [9.17, 15) is 4.79 Å². The highest BCUT2D eigenvalue weighted by atomic mass is 16.2. The fourth-order valence-corrected chi connectivity index (χ4v) is 4.94.